The summed E-state index contributed by atoms with van der Waals surface area (Å²) in [5.41, 5.74) is 1.91. The van der Waals surface area contributed by atoms with Crippen molar-refractivity contribution in [3.8, 4) is 5.69 Å². The van der Waals surface area contributed by atoms with Crippen molar-refractivity contribution in [1.82, 2.24) is 9.55 Å². The topological polar surface area (TPSA) is 49.8 Å². The van der Waals surface area contributed by atoms with Crippen LogP contribution in [0.2, 0.25) is 0 Å². The zero-order valence-electron chi connectivity index (χ0n) is 12.5. The number of hydrogen-bond donors (Lipinski definition) is 2. The highest BCUT2D eigenvalue weighted by Gasteiger charge is 2.19. The highest BCUT2D eigenvalue weighted by atomic mass is 16.1. The SMILES string of the molecule is CC(Nc1ccc(-n2cc[nH]c2=O)cc1)C1CCCCC1. The van der Waals surface area contributed by atoms with Gasteiger partial charge < -0.3 is 10.3 Å². The molecule has 3 rings (SSSR count). The molecule has 1 unspecified atom stereocenters. The smallest absolute Gasteiger partial charge is 0.330 e. The van der Waals surface area contributed by atoms with Gasteiger partial charge in [0.05, 0.1) is 5.69 Å². The summed E-state index contributed by atoms with van der Waals surface area (Å²) in [6.07, 6.45) is 10.2. The molecule has 1 fully saturated rings. The Morgan fingerprint density at radius 3 is 2.52 bits per heavy atom. The molecule has 2 N–H and O–H groups in total. The molecule has 1 aliphatic rings. The number of aromatic nitrogens is 2. The van der Waals surface area contributed by atoms with E-state index in [9.17, 15) is 4.79 Å². The van der Waals surface area contributed by atoms with E-state index in [0.717, 1.165) is 17.3 Å². The van der Waals surface area contributed by atoms with Crippen molar-refractivity contribution in [2.45, 2.75) is 45.1 Å². The first-order chi connectivity index (χ1) is 10.2. The van der Waals surface area contributed by atoms with E-state index in [0.29, 0.717) is 6.04 Å². The minimum absolute atomic E-state index is 0.105. The number of anilines is 1. The third kappa shape index (κ3) is 3.20. The molecule has 1 saturated carbocycles. The first kappa shape index (κ1) is 14.0. The van der Waals surface area contributed by atoms with Crippen LogP contribution in [0.3, 0.4) is 0 Å². The van der Waals surface area contributed by atoms with Gasteiger partial charge in [-0.25, -0.2) is 4.79 Å². The molecule has 0 amide bonds. The van der Waals surface area contributed by atoms with Crippen LogP contribution in [-0.4, -0.2) is 15.6 Å². The van der Waals surface area contributed by atoms with Crippen molar-refractivity contribution >= 4 is 5.69 Å². The van der Waals surface area contributed by atoms with Gasteiger partial charge in [-0.1, -0.05) is 19.3 Å². The van der Waals surface area contributed by atoms with Gasteiger partial charge >= 0.3 is 5.69 Å². The van der Waals surface area contributed by atoms with Crippen LogP contribution in [0, 0.1) is 5.92 Å². The van der Waals surface area contributed by atoms with Crippen molar-refractivity contribution in [3.05, 3.63) is 47.1 Å². The normalized spacial score (nSPS) is 17.6. The second-order valence-corrected chi connectivity index (χ2v) is 6.01. The third-order valence-electron chi connectivity index (χ3n) is 4.55. The lowest BCUT2D eigenvalue weighted by Gasteiger charge is -2.29. The Hall–Kier alpha value is -1.97. The fourth-order valence-corrected chi connectivity index (χ4v) is 3.26. The second-order valence-electron chi connectivity index (χ2n) is 6.01. The lowest BCUT2D eigenvalue weighted by molar-refractivity contribution is 0.328. The molecule has 1 aliphatic carbocycles. The first-order valence-corrected chi connectivity index (χ1v) is 7.87. The number of imidazole rings is 1. The molecular formula is C17H23N3O. The molecule has 1 atom stereocenters. The standard InChI is InChI=1S/C17H23N3O/c1-13(14-5-3-2-4-6-14)19-15-7-9-16(10-8-15)20-12-11-18-17(20)21/h7-14,19H,2-6H2,1H3,(H,18,21). The average molecular weight is 285 g/mol. The van der Waals surface area contributed by atoms with Crippen LogP contribution in [-0.2, 0) is 0 Å². The number of nitrogens with one attached hydrogen (secondary N) is 2. The monoisotopic (exact) mass is 285 g/mol. The quantitative estimate of drug-likeness (QED) is 0.902. The summed E-state index contributed by atoms with van der Waals surface area (Å²) in [5, 5.41) is 3.60. The van der Waals surface area contributed by atoms with Crippen LogP contribution in [0.5, 0.6) is 0 Å². The van der Waals surface area contributed by atoms with Gasteiger partial charge in [0.1, 0.15) is 0 Å². The minimum atomic E-state index is -0.105. The number of aromatic amines is 1. The molecular weight excluding hydrogens is 262 g/mol. The maximum atomic E-state index is 11.6. The van der Waals surface area contributed by atoms with E-state index in [1.54, 1.807) is 17.0 Å². The Morgan fingerprint density at radius 1 is 1.19 bits per heavy atom. The predicted octanol–water partition coefficient (Wildman–Crippen LogP) is 3.55. The molecule has 1 aromatic carbocycles. The van der Waals surface area contributed by atoms with Crippen LogP contribution in [0.1, 0.15) is 39.0 Å². The van der Waals surface area contributed by atoms with Crippen LogP contribution >= 0.6 is 0 Å². The van der Waals surface area contributed by atoms with Gasteiger partial charge in [-0.3, -0.25) is 4.57 Å². The van der Waals surface area contributed by atoms with Gasteiger partial charge in [0, 0.05) is 24.1 Å². The third-order valence-corrected chi connectivity index (χ3v) is 4.55. The summed E-state index contributed by atoms with van der Waals surface area (Å²) < 4.78 is 1.61. The first-order valence-electron chi connectivity index (χ1n) is 7.87. The Bertz CT molecular complexity index is 620. The minimum Gasteiger partial charge on any atom is -0.382 e. The Labute approximate surface area is 125 Å². The summed E-state index contributed by atoms with van der Waals surface area (Å²) in [4.78, 5) is 14.2. The number of benzene rings is 1. The fraction of sp³-hybridized carbons (Fsp3) is 0.471. The molecule has 0 spiro atoms. The van der Waals surface area contributed by atoms with E-state index in [1.165, 1.54) is 32.1 Å². The van der Waals surface area contributed by atoms with E-state index < -0.39 is 0 Å². The van der Waals surface area contributed by atoms with Gasteiger partial charge in [-0.2, -0.15) is 0 Å². The summed E-state index contributed by atoms with van der Waals surface area (Å²) >= 11 is 0. The van der Waals surface area contributed by atoms with Crippen LogP contribution < -0.4 is 11.0 Å². The largest absolute Gasteiger partial charge is 0.382 e. The summed E-state index contributed by atoms with van der Waals surface area (Å²) in [5.74, 6) is 0.783. The Balaban J connectivity index is 1.67. The van der Waals surface area contributed by atoms with Gasteiger partial charge in [0.2, 0.25) is 0 Å². The molecule has 0 aliphatic heterocycles. The van der Waals surface area contributed by atoms with E-state index in [2.05, 4.69) is 17.2 Å². The number of hydrogen-bond acceptors (Lipinski definition) is 2. The molecule has 0 saturated heterocycles. The lowest BCUT2D eigenvalue weighted by atomic mass is 9.84. The Morgan fingerprint density at radius 2 is 1.90 bits per heavy atom. The van der Waals surface area contributed by atoms with E-state index >= 15 is 0 Å². The van der Waals surface area contributed by atoms with Crippen molar-refractivity contribution in [2.24, 2.45) is 5.92 Å². The van der Waals surface area contributed by atoms with Crippen molar-refractivity contribution in [1.29, 1.82) is 0 Å². The predicted molar refractivity (Wildman–Crippen MR) is 86.0 cm³/mol. The van der Waals surface area contributed by atoms with Gasteiger partial charge in [0.25, 0.3) is 0 Å². The van der Waals surface area contributed by atoms with Gasteiger partial charge in [-0.05, 0) is 49.9 Å². The van der Waals surface area contributed by atoms with Crippen LogP contribution in [0.15, 0.2) is 41.5 Å². The highest BCUT2D eigenvalue weighted by Crippen LogP contribution is 2.28. The molecule has 2 aromatic rings. The number of H-pyrrole nitrogens is 1. The zero-order chi connectivity index (χ0) is 14.7. The van der Waals surface area contributed by atoms with E-state index in [1.807, 2.05) is 24.3 Å². The maximum absolute atomic E-state index is 11.6. The van der Waals surface area contributed by atoms with Crippen molar-refractivity contribution < 1.29 is 0 Å². The molecule has 4 nitrogen and oxygen atoms in total. The fourth-order valence-electron chi connectivity index (χ4n) is 3.26. The molecule has 0 radical (unpaired) electrons. The maximum Gasteiger partial charge on any atom is 0.330 e. The average Bonchev–Trinajstić information content (AvgIpc) is 2.95. The van der Waals surface area contributed by atoms with Crippen LogP contribution in [0.4, 0.5) is 5.69 Å². The molecule has 112 valence electrons. The van der Waals surface area contributed by atoms with Crippen LogP contribution in [0.25, 0.3) is 5.69 Å². The van der Waals surface area contributed by atoms with E-state index in [4.69, 9.17) is 0 Å². The lowest BCUT2D eigenvalue weighted by Crippen LogP contribution is -2.27. The molecule has 0 bridgehead atoms. The van der Waals surface area contributed by atoms with Gasteiger partial charge in [0.15, 0.2) is 0 Å². The summed E-state index contributed by atoms with van der Waals surface area (Å²) in [6, 6.07) is 8.56. The number of rotatable bonds is 4. The zero-order valence-corrected chi connectivity index (χ0v) is 12.5. The van der Waals surface area contributed by atoms with E-state index in [-0.39, 0.29) is 5.69 Å². The second kappa shape index (κ2) is 6.20. The van der Waals surface area contributed by atoms with Crippen molar-refractivity contribution in [3.63, 3.8) is 0 Å². The van der Waals surface area contributed by atoms with Gasteiger partial charge in [-0.15, -0.1) is 0 Å². The Kier molecular flexibility index (Phi) is 4.13. The summed E-state index contributed by atoms with van der Waals surface area (Å²) in [7, 11) is 0. The number of nitrogens with zero attached hydrogens (tertiary/aromatic N) is 1. The van der Waals surface area contributed by atoms with Crippen molar-refractivity contribution in [2.75, 3.05) is 5.32 Å². The molecule has 1 heterocycles. The molecule has 4 heteroatoms. The molecule has 21 heavy (non-hydrogen) atoms. The highest BCUT2D eigenvalue weighted by molar-refractivity contribution is 5.49. The molecule has 1 aromatic heterocycles. The summed E-state index contributed by atoms with van der Waals surface area (Å²) in [6.45, 7) is 2.28.